The number of hydrogen-bond acceptors (Lipinski definition) is 2. The molecule has 0 aliphatic heterocycles. The van der Waals surface area contributed by atoms with Crippen LogP contribution in [0.1, 0.15) is 36.2 Å². The van der Waals surface area contributed by atoms with E-state index >= 15 is 0 Å². The summed E-state index contributed by atoms with van der Waals surface area (Å²) in [7, 11) is 1.95. The molecular weight excluding hydrogens is 188 g/mol. The normalized spacial score (nSPS) is 38.1. The van der Waals surface area contributed by atoms with E-state index in [1.54, 1.807) is 0 Å². The van der Waals surface area contributed by atoms with Crippen LogP contribution >= 0.6 is 0 Å². The maximum atomic E-state index is 10.7. The van der Waals surface area contributed by atoms with Gasteiger partial charge in [-0.3, -0.25) is 4.68 Å². The predicted octanol–water partition coefficient (Wildman–Crippen LogP) is 1.65. The van der Waals surface area contributed by atoms with Crippen LogP contribution in [0.25, 0.3) is 0 Å². The summed E-state index contributed by atoms with van der Waals surface area (Å²) in [5.41, 5.74) is 2.72. The lowest BCUT2D eigenvalue weighted by atomic mass is 9.97. The van der Waals surface area contributed by atoms with Gasteiger partial charge >= 0.3 is 0 Å². The number of fused-ring (bicyclic) bond motifs is 1. The van der Waals surface area contributed by atoms with Crippen molar-refractivity contribution in [1.82, 2.24) is 9.78 Å². The molecular formula is C12H18N2O. The van der Waals surface area contributed by atoms with E-state index < -0.39 is 5.60 Å². The zero-order valence-corrected chi connectivity index (χ0v) is 9.62. The topological polar surface area (TPSA) is 38.0 Å². The number of rotatable bonds is 1. The van der Waals surface area contributed by atoms with Crippen LogP contribution in [0.4, 0.5) is 0 Å². The van der Waals surface area contributed by atoms with E-state index in [1.807, 2.05) is 18.7 Å². The van der Waals surface area contributed by atoms with Crippen LogP contribution in [-0.2, 0) is 12.6 Å². The highest BCUT2D eigenvalue weighted by Gasteiger charge is 2.67. The first-order valence-electron chi connectivity index (χ1n) is 5.80. The molecule has 2 fully saturated rings. The van der Waals surface area contributed by atoms with Gasteiger partial charge in [-0.05, 0) is 38.5 Å². The second-order valence-corrected chi connectivity index (χ2v) is 5.14. The van der Waals surface area contributed by atoms with Crippen LogP contribution in [0, 0.1) is 25.7 Å². The lowest BCUT2D eigenvalue weighted by Crippen LogP contribution is -2.15. The molecule has 2 aliphatic rings. The molecule has 0 saturated heterocycles. The maximum Gasteiger partial charge on any atom is 0.0995 e. The summed E-state index contributed by atoms with van der Waals surface area (Å²) >= 11 is 0. The van der Waals surface area contributed by atoms with E-state index in [-0.39, 0.29) is 0 Å². The maximum absolute atomic E-state index is 10.7. The second-order valence-electron chi connectivity index (χ2n) is 5.14. The minimum Gasteiger partial charge on any atom is -0.384 e. The Morgan fingerprint density at radius 1 is 1.33 bits per heavy atom. The molecule has 3 nitrogen and oxygen atoms in total. The van der Waals surface area contributed by atoms with Gasteiger partial charge in [0, 0.05) is 18.3 Å². The first-order chi connectivity index (χ1) is 7.06. The fraction of sp³-hybridized carbons (Fsp3) is 0.750. The molecule has 3 heteroatoms. The SMILES string of the molecule is Cc1nn(C)c(C)c1C1(O)C2CCCC21. The molecule has 0 bridgehead atoms. The van der Waals surface area contributed by atoms with Gasteiger partial charge in [-0.15, -0.1) is 0 Å². The highest BCUT2D eigenvalue weighted by molar-refractivity contribution is 5.39. The summed E-state index contributed by atoms with van der Waals surface area (Å²) in [6.45, 7) is 4.07. The van der Waals surface area contributed by atoms with Gasteiger partial charge in [-0.25, -0.2) is 0 Å². The van der Waals surface area contributed by atoms with E-state index in [0.29, 0.717) is 11.8 Å². The van der Waals surface area contributed by atoms with Crippen LogP contribution in [0.5, 0.6) is 0 Å². The van der Waals surface area contributed by atoms with E-state index in [9.17, 15) is 5.11 Å². The van der Waals surface area contributed by atoms with Crippen molar-refractivity contribution in [2.24, 2.45) is 18.9 Å². The Bertz CT molecular complexity index is 412. The molecule has 15 heavy (non-hydrogen) atoms. The first-order valence-corrected chi connectivity index (χ1v) is 5.80. The van der Waals surface area contributed by atoms with Gasteiger partial charge in [0.15, 0.2) is 0 Å². The monoisotopic (exact) mass is 206 g/mol. The molecule has 2 aliphatic carbocycles. The molecule has 0 amide bonds. The fourth-order valence-electron chi connectivity index (χ4n) is 3.65. The number of aliphatic hydroxyl groups is 1. The molecule has 0 aromatic carbocycles. The van der Waals surface area contributed by atoms with Crippen molar-refractivity contribution in [1.29, 1.82) is 0 Å². The van der Waals surface area contributed by atoms with Crippen LogP contribution in [-0.4, -0.2) is 14.9 Å². The van der Waals surface area contributed by atoms with Gasteiger partial charge in [0.2, 0.25) is 0 Å². The van der Waals surface area contributed by atoms with Crippen LogP contribution in [0.15, 0.2) is 0 Å². The third-order valence-corrected chi connectivity index (χ3v) is 4.45. The van der Waals surface area contributed by atoms with E-state index in [2.05, 4.69) is 12.0 Å². The summed E-state index contributed by atoms with van der Waals surface area (Å²) in [5.74, 6) is 1.03. The van der Waals surface area contributed by atoms with Crippen LogP contribution in [0.3, 0.4) is 0 Å². The highest BCUT2D eigenvalue weighted by atomic mass is 16.3. The quantitative estimate of drug-likeness (QED) is 0.758. The number of hydrogen-bond donors (Lipinski definition) is 1. The third kappa shape index (κ3) is 0.969. The van der Waals surface area contributed by atoms with Gasteiger partial charge in [-0.1, -0.05) is 6.42 Å². The Balaban J connectivity index is 2.07. The van der Waals surface area contributed by atoms with E-state index in [1.165, 1.54) is 19.3 Å². The Morgan fingerprint density at radius 2 is 1.93 bits per heavy atom. The Kier molecular flexibility index (Phi) is 1.66. The molecule has 1 aromatic heterocycles. The minimum atomic E-state index is -0.527. The average Bonchev–Trinajstić information content (AvgIpc) is 2.58. The minimum absolute atomic E-state index is 0.513. The van der Waals surface area contributed by atoms with Gasteiger partial charge in [0.1, 0.15) is 0 Å². The molecule has 2 saturated carbocycles. The lowest BCUT2D eigenvalue weighted by molar-refractivity contribution is 0.104. The molecule has 1 aromatic rings. The second kappa shape index (κ2) is 2.64. The van der Waals surface area contributed by atoms with E-state index in [4.69, 9.17) is 0 Å². The summed E-state index contributed by atoms with van der Waals surface area (Å²) in [6, 6.07) is 0. The number of aryl methyl sites for hydroxylation is 2. The van der Waals surface area contributed by atoms with Gasteiger partial charge < -0.3 is 5.11 Å². The predicted molar refractivity (Wildman–Crippen MR) is 57.4 cm³/mol. The van der Waals surface area contributed by atoms with E-state index in [0.717, 1.165) is 17.0 Å². The average molecular weight is 206 g/mol. The molecule has 0 spiro atoms. The molecule has 1 heterocycles. The van der Waals surface area contributed by atoms with Crippen molar-refractivity contribution in [3.05, 3.63) is 17.0 Å². The zero-order valence-electron chi connectivity index (χ0n) is 9.62. The van der Waals surface area contributed by atoms with Crippen molar-refractivity contribution < 1.29 is 5.11 Å². The third-order valence-electron chi connectivity index (χ3n) is 4.45. The Morgan fingerprint density at radius 3 is 2.40 bits per heavy atom. The van der Waals surface area contributed by atoms with Crippen molar-refractivity contribution in [2.75, 3.05) is 0 Å². The van der Waals surface area contributed by atoms with Crippen molar-refractivity contribution in [3.8, 4) is 0 Å². The largest absolute Gasteiger partial charge is 0.384 e. The summed E-state index contributed by atoms with van der Waals surface area (Å²) in [4.78, 5) is 0. The molecule has 2 unspecified atom stereocenters. The van der Waals surface area contributed by atoms with Gasteiger partial charge in [-0.2, -0.15) is 5.10 Å². The summed E-state index contributed by atoms with van der Waals surface area (Å²) < 4.78 is 1.89. The molecule has 0 radical (unpaired) electrons. The molecule has 82 valence electrons. The summed E-state index contributed by atoms with van der Waals surface area (Å²) in [5, 5.41) is 15.1. The number of aromatic nitrogens is 2. The Hall–Kier alpha value is -0.830. The smallest absolute Gasteiger partial charge is 0.0995 e. The van der Waals surface area contributed by atoms with Crippen molar-refractivity contribution >= 4 is 0 Å². The van der Waals surface area contributed by atoms with Gasteiger partial charge in [0.05, 0.1) is 11.3 Å². The van der Waals surface area contributed by atoms with Crippen molar-refractivity contribution in [2.45, 2.75) is 38.7 Å². The fourth-order valence-corrected chi connectivity index (χ4v) is 3.65. The zero-order chi connectivity index (χ0) is 10.8. The molecule has 2 atom stereocenters. The lowest BCUT2D eigenvalue weighted by Gasteiger charge is -2.15. The van der Waals surface area contributed by atoms with Crippen LogP contribution < -0.4 is 0 Å². The summed E-state index contributed by atoms with van der Waals surface area (Å²) in [6.07, 6.45) is 3.67. The standard InChI is InChI=1S/C12H18N2O/c1-7-11(8(2)14(3)13-7)12(15)9-5-4-6-10(9)12/h9-10,15H,4-6H2,1-3H3. The number of nitrogens with zero attached hydrogens (tertiary/aromatic N) is 2. The molecule has 3 rings (SSSR count). The van der Waals surface area contributed by atoms with Gasteiger partial charge in [0.25, 0.3) is 0 Å². The Labute approximate surface area is 90.1 Å². The highest BCUT2D eigenvalue weighted by Crippen LogP contribution is 2.67. The first kappa shape index (κ1) is 9.40. The van der Waals surface area contributed by atoms with Crippen LogP contribution in [0.2, 0.25) is 0 Å². The van der Waals surface area contributed by atoms with Crippen molar-refractivity contribution in [3.63, 3.8) is 0 Å². The molecule has 1 N–H and O–H groups in total.